The molecule has 1 fully saturated rings. The van der Waals surface area contributed by atoms with Gasteiger partial charge < -0.3 is 5.32 Å². The Morgan fingerprint density at radius 2 is 1.95 bits per heavy atom. The first-order chi connectivity index (χ1) is 9.32. The number of halogens is 2. The molecule has 0 amide bonds. The largest absolute Gasteiger partial charge is 0.317 e. The molecule has 7 heteroatoms. The summed E-state index contributed by atoms with van der Waals surface area (Å²) in [6.07, 6.45) is 1.82. The summed E-state index contributed by atoms with van der Waals surface area (Å²) in [6.45, 7) is 5.89. The van der Waals surface area contributed by atoms with Crippen LogP contribution in [0.3, 0.4) is 0 Å². The number of benzene rings is 1. The fraction of sp³-hybridized carbons (Fsp3) is 0.571. The lowest BCUT2D eigenvalue weighted by molar-refractivity contribution is 0.232. The van der Waals surface area contributed by atoms with Gasteiger partial charge in [0.15, 0.2) is 0 Å². The van der Waals surface area contributed by atoms with Crippen molar-refractivity contribution >= 4 is 22.4 Å². The van der Waals surface area contributed by atoms with Crippen LogP contribution in [0.25, 0.3) is 0 Å². The third-order valence-electron chi connectivity index (χ3n) is 3.88. The van der Waals surface area contributed by atoms with E-state index in [1.54, 1.807) is 13.0 Å². The summed E-state index contributed by atoms with van der Waals surface area (Å²) in [5, 5.41) is 3.25. The van der Waals surface area contributed by atoms with E-state index in [9.17, 15) is 12.8 Å². The zero-order valence-corrected chi connectivity index (χ0v) is 13.9. The monoisotopic (exact) mass is 336 g/mol. The Morgan fingerprint density at radius 3 is 2.52 bits per heavy atom. The number of aryl methyl sites for hydroxylation is 1. The van der Waals surface area contributed by atoms with E-state index in [0.717, 1.165) is 25.9 Å². The average Bonchev–Trinajstić information content (AvgIpc) is 2.37. The Morgan fingerprint density at radius 1 is 1.33 bits per heavy atom. The van der Waals surface area contributed by atoms with Crippen LogP contribution in [0.5, 0.6) is 0 Å². The molecule has 0 atom stereocenters. The third-order valence-corrected chi connectivity index (χ3v) is 5.31. The molecule has 0 aromatic heterocycles. The van der Waals surface area contributed by atoms with Crippen LogP contribution < -0.4 is 10.0 Å². The molecular formula is C14H22ClFN2O2S. The summed E-state index contributed by atoms with van der Waals surface area (Å²) in [5.74, 6) is -0.701. The molecule has 1 heterocycles. The van der Waals surface area contributed by atoms with Crippen molar-refractivity contribution in [1.29, 1.82) is 0 Å². The van der Waals surface area contributed by atoms with Gasteiger partial charge in [-0.1, -0.05) is 13.0 Å². The number of piperidine rings is 1. The predicted molar refractivity (Wildman–Crippen MR) is 83.8 cm³/mol. The van der Waals surface area contributed by atoms with Gasteiger partial charge in [0, 0.05) is 6.54 Å². The highest BCUT2D eigenvalue weighted by molar-refractivity contribution is 7.89. The van der Waals surface area contributed by atoms with Crippen molar-refractivity contribution in [1.82, 2.24) is 10.0 Å². The quantitative estimate of drug-likeness (QED) is 0.886. The van der Waals surface area contributed by atoms with Crippen LogP contribution in [-0.4, -0.2) is 28.1 Å². The van der Waals surface area contributed by atoms with E-state index in [2.05, 4.69) is 17.0 Å². The summed E-state index contributed by atoms with van der Waals surface area (Å²) < 4.78 is 40.7. The zero-order valence-electron chi connectivity index (χ0n) is 12.3. The third kappa shape index (κ3) is 4.64. The van der Waals surface area contributed by atoms with Crippen LogP contribution in [0, 0.1) is 18.2 Å². The molecule has 21 heavy (non-hydrogen) atoms. The van der Waals surface area contributed by atoms with Gasteiger partial charge in [0.1, 0.15) is 10.7 Å². The Kier molecular flexibility index (Phi) is 6.16. The maximum atomic E-state index is 13.8. The highest BCUT2D eigenvalue weighted by Gasteiger charge is 2.29. The highest BCUT2D eigenvalue weighted by Crippen LogP contribution is 2.27. The molecule has 1 saturated heterocycles. The first kappa shape index (κ1) is 18.4. The maximum absolute atomic E-state index is 13.8. The van der Waals surface area contributed by atoms with Crippen molar-refractivity contribution < 1.29 is 12.8 Å². The molecule has 0 unspecified atom stereocenters. The molecule has 4 nitrogen and oxygen atoms in total. The van der Waals surface area contributed by atoms with E-state index in [1.165, 1.54) is 12.1 Å². The normalized spacial score (nSPS) is 18.0. The summed E-state index contributed by atoms with van der Waals surface area (Å²) >= 11 is 0. The van der Waals surface area contributed by atoms with Crippen LogP contribution in [0.4, 0.5) is 4.39 Å². The molecule has 2 rings (SSSR count). The van der Waals surface area contributed by atoms with Gasteiger partial charge >= 0.3 is 0 Å². The smallest absolute Gasteiger partial charge is 0.243 e. The summed E-state index contributed by atoms with van der Waals surface area (Å²) in [6, 6.07) is 4.16. The second kappa shape index (κ2) is 7.05. The van der Waals surface area contributed by atoms with Gasteiger partial charge in [-0.25, -0.2) is 17.5 Å². The maximum Gasteiger partial charge on any atom is 0.243 e. The molecule has 2 N–H and O–H groups in total. The lowest BCUT2D eigenvalue weighted by Crippen LogP contribution is -2.43. The van der Waals surface area contributed by atoms with Gasteiger partial charge in [0.05, 0.1) is 0 Å². The van der Waals surface area contributed by atoms with Crippen LogP contribution in [0.15, 0.2) is 23.1 Å². The molecule has 0 radical (unpaired) electrons. The Hall–Kier alpha value is -0.690. The topological polar surface area (TPSA) is 58.2 Å². The van der Waals surface area contributed by atoms with Crippen LogP contribution >= 0.6 is 12.4 Å². The highest BCUT2D eigenvalue weighted by atomic mass is 35.5. The number of hydrogen-bond acceptors (Lipinski definition) is 3. The van der Waals surface area contributed by atoms with Gasteiger partial charge in [0.25, 0.3) is 0 Å². The lowest BCUT2D eigenvalue weighted by atomic mass is 9.81. The minimum absolute atomic E-state index is 0. The van der Waals surface area contributed by atoms with E-state index in [1.807, 2.05) is 0 Å². The predicted octanol–water partition coefficient (Wildman–Crippen LogP) is 2.22. The van der Waals surface area contributed by atoms with Crippen LogP contribution in [-0.2, 0) is 10.0 Å². The molecular weight excluding hydrogens is 315 g/mol. The van der Waals surface area contributed by atoms with Gasteiger partial charge in [-0.05, 0) is 56.0 Å². The van der Waals surface area contributed by atoms with Crippen LogP contribution in [0.2, 0.25) is 0 Å². The second-order valence-electron chi connectivity index (χ2n) is 5.82. The molecule has 0 spiro atoms. The molecule has 1 aromatic carbocycles. The first-order valence-electron chi connectivity index (χ1n) is 6.79. The molecule has 0 aliphatic carbocycles. The Bertz CT molecular complexity index is 587. The lowest BCUT2D eigenvalue weighted by Gasteiger charge is -2.34. The van der Waals surface area contributed by atoms with Gasteiger partial charge in [-0.3, -0.25) is 0 Å². The van der Waals surface area contributed by atoms with Crippen molar-refractivity contribution in [2.75, 3.05) is 19.6 Å². The van der Waals surface area contributed by atoms with E-state index in [4.69, 9.17) is 0 Å². The standard InChI is InChI=1S/C14H21FN2O2S.ClH/c1-11-3-4-13(12(15)9-11)20(18,19)17-10-14(2)5-7-16-8-6-14;/h3-4,9,16-17H,5-8,10H2,1-2H3;1H. The molecule has 120 valence electrons. The van der Waals surface area contributed by atoms with Crippen molar-refractivity contribution in [2.45, 2.75) is 31.6 Å². The SMILES string of the molecule is Cc1ccc(S(=O)(=O)NCC2(C)CCNCC2)c(F)c1.Cl. The van der Waals surface area contributed by atoms with Gasteiger partial charge in [-0.2, -0.15) is 0 Å². The van der Waals surface area contributed by atoms with E-state index in [0.29, 0.717) is 12.1 Å². The Balaban J connectivity index is 0.00000220. The van der Waals surface area contributed by atoms with Gasteiger partial charge in [0.2, 0.25) is 10.0 Å². The summed E-state index contributed by atoms with van der Waals surface area (Å²) in [7, 11) is -3.79. The molecule has 1 aliphatic heterocycles. The first-order valence-corrected chi connectivity index (χ1v) is 8.27. The van der Waals surface area contributed by atoms with E-state index >= 15 is 0 Å². The van der Waals surface area contributed by atoms with Crippen molar-refractivity contribution in [3.8, 4) is 0 Å². The molecule has 0 bridgehead atoms. The molecule has 0 saturated carbocycles. The fourth-order valence-electron chi connectivity index (χ4n) is 2.38. The molecule has 1 aliphatic rings. The Labute approximate surface area is 132 Å². The van der Waals surface area contributed by atoms with Crippen LogP contribution in [0.1, 0.15) is 25.3 Å². The minimum atomic E-state index is -3.79. The van der Waals surface area contributed by atoms with Crippen molar-refractivity contribution in [2.24, 2.45) is 5.41 Å². The number of rotatable bonds is 4. The zero-order chi connectivity index (χ0) is 14.8. The second-order valence-corrected chi connectivity index (χ2v) is 7.55. The fourth-order valence-corrected chi connectivity index (χ4v) is 3.63. The van der Waals surface area contributed by atoms with E-state index in [-0.39, 0.29) is 22.7 Å². The number of nitrogens with one attached hydrogen (secondary N) is 2. The summed E-state index contributed by atoms with van der Waals surface area (Å²) in [4.78, 5) is -0.277. The van der Waals surface area contributed by atoms with Crippen molar-refractivity contribution in [3.05, 3.63) is 29.6 Å². The van der Waals surface area contributed by atoms with Crippen molar-refractivity contribution in [3.63, 3.8) is 0 Å². The molecule has 1 aromatic rings. The summed E-state index contributed by atoms with van der Waals surface area (Å²) in [5.41, 5.74) is 0.631. The van der Waals surface area contributed by atoms with Gasteiger partial charge in [-0.15, -0.1) is 12.4 Å². The average molecular weight is 337 g/mol. The number of hydrogen-bond donors (Lipinski definition) is 2. The number of sulfonamides is 1. The van der Waals surface area contributed by atoms with E-state index < -0.39 is 15.8 Å². The minimum Gasteiger partial charge on any atom is -0.317 e.